The average molecular weight is 284 g/mol. The smallest absolute Gasteiger partial charge is 0.123 e. The molecule has 0 aromatic heterocycles. The molecule has 0 aliphatic heterocycles. The number of phenolic OH excluding ortho intramolecular Hbond substituents is 1. The van der Waals surface area contributed by atoms with E-state index in [0.29, 0.717) is 12.3 Å². The zero-order chi connectivity index (χ0) is 15.2. The molecule has 0 amide bonds. The van der Waals surface area contributed by atoms with Crippen LogP contribution < -0.4 is 10.2 Å². The van der Waals surface area contributed by atoms with Crippen LogP contribution in [0.15, 0.2) is 42.5 Å². The van der Waals surface area contributed by atoms with Crippen molar-refractivity contribution in [3.63, 3.8) is 0 Å². The highest BCUT2D eigenvalue weighted by atomic mass is 16.3. The number of hydrogen-bond acceptors (Lipinski definition) is 3. The van der Waals surface area contributed by atoms with E-state index in [1.54, 1.807) is 0 Å². The lowest BCUT2D eigenvalue weighted by molar-refractivity contribution is 0.465. The van der Waals surface area contributed by atoms with Gasteiger partial charge in [0.05, 0.1) is 0 Å². The number of nitrogens with zero attached hydrogens (tertiary/aromatic N) is 1. The predicted octanol–water partition coefficient (Wildman–Crippen LogP) is 4.16. The van der Waals surface area contributed by atoms with E-state index in [1.165, 1.54) is 5.69 Å². The number of aryl methyl sites for hydroxylation is 1. The molecule has 0 saturated carbocycles. The van der Waals surface area contributed by atoms with Gasteiger partial charge in [-0.25, -0.2) is 0 Å². The number of anilines is 2. The fourth-order valence-corrected chi connectivity index (χ4v) is 2.44. The van der Waals surface area contributed by atoms with Crippen LogP contribution in [-0.4, -0.2) is 18.2 Å². The van der Waals surface area contributed by atoms with E-state index in [0.717, 1.165) is 29.9 Å². The summed E-state index contributed by atoms with van der Waals surface area (Å²) in [6.45, 7) is 8.89. The van der Waals surface area contributed by atoms with E-state index in [-0.39, 0.29) is 0 Å². The summed E-state index contributed by atoms with van der Waals surface area (Å²) >= 11 is 0. The second kappa shape index (κ2) is 7.02. The molecule has 0 bridgehead atoms. The molecule has 3 nitrogen and oxygen atoms in total. The Bertz CT molecular complexity index is 574. The van der Waals surface area contributed by atoms with E-state index < -0.39 is 0 Å². The summed E-state index contributed by atoms with van der Waals surface area (Å²) < 4.78 is 0. The standard InChI is InChI=1S/C18H24N2O/c1-4-20(5-2)17-11-9-16(10-12-17)19-13-15-8-6-7-14(3)18(15)21/h6-12,19,21H,4-5,13H2,1-3H3. The van der Waals surface area contributed by atoms with Crippen LogP contribution in [0.1, 0.15) is 25.0 Å². The van der Waals surface area contributed by atoms with Crippen molar-refractivity contribution in [1.29, 1.82) is 0 Å². The third kappa shape index (κ3) is 3.69. The number of aromatic hydroxyl groups is 1. The van der Waals surface area contributed by atoms with Gasteiger partial charge in [-0.1, -0.05) is 18.2 Å². The van der Waals surface area contributed by atoms with Crippen LogP contribution in [-0.2, 0) is 6.54 Å². The van der Waals surface area contributed by atoms with Gasteiger partial charge in [0.15, 0.2) is 0 Å². The maximum Gasteiger partial charge on any atom is 0.123 e. The number of para-hydroxylation sites is 1. The Kier molecular flexibility index (Phi) is 5.09. The zero-order valence-electron chi connectivity index (χ0n) is 13.1. The van der Waals surface area contributed by atoms with Gasteiger partial charge in [-0.05, 0) is 50.6 Å². The highest BCUT2D eigenvalue weighted by Gasteiger charge is 2.04. The quantitative estimate of drug-likeness (QED) is 0.836. The third-order valence-corrected chi connectivity index (χ3v) is 3.80. The molecule has 112 valence electrons. The first-order valence-electron chi connectivity index (χ1n) is 7.52. The highest BCUT2D eigenvalue weighted by molar-refractivity contribution is 5.55. The van der Waals surface area contributed by atoms with E-state index in [4.69, 9.17) is 0 Å². The molecule has 2 N–H and O–H groups in total. The molecule has 0 radical (unpaired) electrons. The Hall–Kier alpha value is -2.16. The Labute approximate surface area is 127 Å². The zero-order valence-corrected chi connectivity index (χ0v) is 13.1. The van der Waals surface area contributed by atoms with E-state index in [2.05, 4.69) is 48.3 Å². The largest absolute Gasteiger partial charge is 0.507 e. The summed E-state index contributed by atoms with van der Waals surface area (Å²) in [4.78, 5) is 2.32. The second-order valence-corrected chi connectivity index (χ2v) is 5.16. The highest BCUT2D eigenvalue weighted by Crippen LogP contribution is 2.23. The molecule has 2 aromatic carbocycles. The van der Waals surface area contributed by atoms with Crippen molar-refractivity contribution in [3.8, 4) is 5.75 Å². The van der Waals surface area contributed by atoms with Gasteiger partial charge < -0.3 is 15.3 Å². The van der Waals surface area contributed by atoms with Crippen molar-refractivity contribution in [2.75, 3.05) is 23.3 Å². The molecule has 21 heavy (non-hydrogen) atoms. The predicted molar refractivity (Wildman–Crippen MR) is 90.2 cm³/mol. The SMILES string of the molecule is CCN(CC)c1ccc(NCc2cccc(C)c2O)cc1. The molecule has 2 rings (SSSR count). The molecular weight excluding hydrogens is 260 g/mol. The topological polar surface area (TPSA) is 35.5 Å². The van der Waals surface area contributed by atoms with Gasteiger partial charge in [0.1, 0.15) is 5.75 Å². The second-order valence-electron chi connectivity index (χ2n) is 5.16. The molecule has 3 heteroatoms. The maximum absolute atomic E-state index is 10.0. The minimum absolute atomic E-state index is 0.379. The number of hydrogen-bond donors (Lipinski definition) is 2. The summed E-state index contributed by atoms with van der Waals surface area (Å²) in [5.41, 5.74) is 4.13. The van der Waals surface area contributed by atoms with Crippen molar-refractivity contribution >= 4 is 11.4 Å². The number of rotatable bonds is 6. The summed E-state index contributed by atoms with van der Waals surface area (Å²) in [6.07, 6.45) is 0. The Morgan fingerprint density at radius 2 is 1.67 bits per heavy atom. The molecule has 0 unspecified atom stereocenters. The lowest BCUT2D eigenvalue weighted by Gasteiger charge is -2.21. The molecule has 0 spiro atoms. The lowest BCUT2D eigenvalue weighted by Crippen LogP contribution is -2.21. The van der Waals surface area contributed by atoms with Crippen LogP contribution in [0.5, 0.6) is 5.75 Å². The first kappa shape index (κ1) is 15.2. The number of nitrogens with one attached hydrogen (secondary N) is 1. The number of phenols is 1. The first-order valence-corrected chi connectivity index (χ1v) is 7.52. The van der Waals surface area contributed by atoms with Crippen molar-refractivity contribution in [3.05, 3.63) is 53.6 Å². The van der Waals surface area contributed by atoms with Crippen LogP contribution in [0.4, 0.5) is 11.4 Å². The molecule has 0 fully saturated rings. The molecule has 0 aliphatic carbocycles. The van der Waals surface area contributed by atoms with Crippen LogP contribution >= 0.6 is 0 Å². The van der Waals surface area contributed by atoms with Crippen LogP contribution in [0.3, 0.4) is 0 Å². The summed E-state index contributed by atoms with van der Waals surface area (Å²) in [6, 6.07) is 14.3. The summed E-state index contributed by atoms with van der Waals surface area (Å²) in [5.74, 6) is 0.379. The van der Waals surface area contributed by atoms with Gasteiger partial charge in [-0.15, -0.1) is 0 Å². The van der Waals surface area contributed by atoms with E-state index in [1.807, 2.05) is 25.1 Å². The third-order valence-electron chi connectivity index (χ3n) is 3.80. The van der Waals surface area contributed by atoms with Crippen LogP contribution in [0.2, 0.25) is 0 Å². The van der Waals surface area contributed by atoms with Gasteiger partial charge in [0, 0.05) is 36.6 Å². The molecular formula is C18H24N2O. The van der Waals surface area contributed by atoms with Gasteiger partial charge in [-0.2, -0.15) is 0 Å². The Morgan fingerprint density at radius 3 is 2.29 bits per heavy atom. The lowest BCUT2D eigenvalue weighted by atomic mass is 10.1. The minimum Gasteiger partial charge on any atom is -0.507 e. The van der Waals surface area contributed by atoms with Gasteiger partial charge in [0.2, 0.25) is 0 Å². The van der Waals surface area contributed by atoms with Gasteiger partial charge >= 0.3 is 0 Å². The minimum atomic E-state index is 0.379. The van der Waals surface area contributed by atoms with Crippen LogP contribution in [0, 0.1) is 6.92 Å². The van der Waals surface area contributed by atoms with Crippen LogP contribution in [0.25, 0.3) is 0 Å². The van der Waals surface area contributed by atoms with Crippen molar-refractivity contribution in [1.82, 2.24) is 0 Å². The monoisotopic (exact) mass is 284 g/mol. The van der Waals surface area contributed by atoms with Crippen molar-refractivity contribution < 1.29 is 5.11 Å². The van der Waals surface area contributed by atoms with E-state index in [9.17, 15) is 5.11 Å². The van der Waals surface area contributed by atoms with Gasteiger partial charge in [0.25, 0.3) is 0 Å². The fourth-order valence-electron chi connectivity index (χ4n) is 2.44. The summed E-state index contributed by atoms with van der Waals surface area (Å²) in [7, 11) is 0. The summed E-state index contributed by atoms with van der Waals surface area (Å²) in [5, 5.41) is 13.4. The molecule has 0 atom stereocenters. The average Bonchev–Trinajstić information content (AvgIpc) is 2.51. The van der Waals surface area contributed by atoms with Gasteiger partial charge in [-0.3, -0.25) is 0 Å². The van der Waals surface area contributed by atoms with E-state index >= 15 is 0 Å². The Balaban J connectivity index is 2.02. The number of benzene rings is 2. The normalized spacial score (nSPS) is 10.4. The first-order chi connectivity index (χ1) is 10.2. The maximum atomic E-state index is 10.0. The van der Waals surface area contributed by atoms with Crippen molar-refractivity contribution in [2.45, 2.75) is 27.3 Å². The van der Waals surface area contributed by atoms with Crippen molar-refractivity contribution in [2.24, 2.45) is 0 Å². The Morgan fingerprint density at radius 1 is 1.00 bits per heavy atom. The molecule has 0 heterocycles. The molecule has 2 aromatic rings. The molecule has 0 aliphatic rings. The fraction of sp³-hybridized carbons (Fsp3) is 0.333. The molecule has 0 saturated heterocycles.